The number of hydrogen-bond donors (Lipinski definition) is 0. The van der Waals surface area contributed by atoms with Crippen molar-refractivity contribution in [1.29, 1.82) is 0 Å². The monoisotopic (exact) mass is 750 g/mol. The van der Waals surface area contributed by atoms with Gasteiger partial charge in [-0.1, -0.05) is 51.5 Å². The minimum Gasteiger partial charge on any atom is -0.493 e. The van der Waals surface area contributed by atoms with Crippen LogP contribution in [0.2, 0.25) is 0 Å². The second kappa shape index (κ2) is 15.6. The summed E-state index contributed by atoms with van der Waals surface area (Å²) in [4.78, 5) is 44.9. The van der Waals surface area contributed by atoms with Crippen LogP contribution in [0.3, 0.4) is 0 Å². The number of carbonyl (C=O) groups excluding carboxylic acids is 2. The zero-order valence-corrected chi connectivity index (χ0v) is 30.2. The van der Waals surface area contributed by atoms with Gasteiger partial charge in [0.2, 0.25) is 0 Å². The molecule has 1 aliphatic heterocycles. The minimum absolute atomic E-state index is 0.147. The maximum absolute atomic E-state index is 14.3. The molecule has 1 aromatic heterocycles. The first-order valence-corrected chi connectivity index (χ1v) is 16.9. The lowest BCUT2D eigenvalue weighted by Crippen LogP contribution is -2.40. The van der Waals surface area contributed by atoms with E-state index in [9.17, 15) is 14.4 Å². The smallest absolute Gasteiger partial charge is 0.338 e. The molecule has 0 amide bonds. The number of nitrogens with zero attached hydrogens (tertiary/aromatic N) is 2. The van der Waals surface area contributed by atoms with Crippen LogP contribution >= 0.6 is 27.3 Å². The number of methoxy groups -OCH3 is 3. The number of halogens is 1. The standard InChI is InChI=1S/C36H35BrN2O9S/c1-7-46-34(41)22-14-12-21(13-15-22)19-48-32-23(10-9-11-26(32)43-4)16-29-33(40)39-31(24-17-27(44-5)28(45-6)18-25(24)37)30(35(42)47-8-2)20(3)38-36(39)49-29/h9-18,31H,7-8,19H2,1-6H3/b29-16-/t31-/m0/s1. The number of thiazole rings is 1. The largest absolute Gasteiger partial charge is 0.493 e. The summed E-state index contributed by atoms with van der Waals surface area (Å²) in [5.41, 5.74) is 2.73. The molecule has 5 rings (SSSR count). The second-order valence-electron chi connectivity index (χ2n) is 10.6. The third kappa shape index (κ3) is 7.27. The van der Waals surface area contributed by atoms with Gasteiger partial charge in [0.15, 0.2) is 27.8 Å². The number of fused-ring (bicyclic) bond motifs is 1. The number of allylic oxidation sites excluding steroid dienone is 1. The van der Waals surface area contributed by atoms with Gasteiger partial charge in [-0.15, -0.1) is 0 Å². The quantitative estimate of drug-likeness (QED) is 0.177. The van der Waals surface area contributed by atoms with Crippen molar-refractivity contribution in [3.8, 4) is 23.0 Å². The third-order valence-electron chi connectivity index (χ3n) is 7.68. The molecule has 1 atom stereocenters. The molecule has 0 fully saturated rings. The van der Waals surface area contributed by atoms with E-state index in [1.807, 2.05) is 6.07 Å². The molecule has 0 saturated carbocycles. The van der Waals surface area contributed by atoms with E-state index in [1.165, 1.54) is 37.2 Å². The molecular weight excluding hydrogens is 716 g/mol. The second-order valence-corrected chi connectivity index (χ2v) is 12.5. The molecule has 0 saturated heterocycles. The topological polar surface area (TPSA) is 124 Å². The summed E-state index contributed by atoms with van der Waals surface area (Å²) < 4.78 is 35.9. The molecule has 256 valence electrons. The van der Waals surface area contributed by atoms with Crippen LogP contribution in [0.15, 0.2) is 80.1 Å². The Balaban J connectivity index is 1.61. The van der Waals surface area contributed by atoms with E-state index in [-0.39, 0.29) is 24.3 Å². The third-order valence-corrected chi connectivity index (χ3v) is 9.35. The Morgan fingerprint density at radius 2 is 1.57 bits per heavy atom. The summed E-state index contributed by atoms with van der Waals surface area (Å²) in [6.45, 7) is 5.80. The van der Waals surface area contributed by atoms with Crippen molar-refractivity contribution in [1.82, 2.24) is 4.57 Å². The predicted octanol–water partition coefficient (Wildman–Crippen LogP) is 5.34. The predicted molar refractivity (Wildman–Crippen MR) is 187 cm³/mol. The fourth-order valence-corrected chi connectivity index (χ4v) is 6.95. The molecule has 0 radical (unpaired) electrons. The van der Waals surface area contributed by atoms with Crippen molar-refractivity contribution in [2.75, 3.05) is 34.5 Å². The average Bonchev–Trinajstić information content (AvgIpc) is 3.40. The van der Waals surface area contributed by atoms with Crippen LogP contribution in [0.25, 0.3) is 6.08 Å². The lowest BCUT2D eigenvalue weighted by atomic mass is 9.95. The number of hydrogen-bond acceptors (Lipinski definition) is 11. The Morgan fingerprint density at radius 3 is 2.22 bits per heavy atom. The van der Waals surface area contributed by atoms with Gasteiger partial charge < -0.3 is 28.4 Å². The summed E-state index contributed by atoms with van der Waals surface area (Å²) in [6.07, 6.45) is 1.72. The van der Waals surface area contributed by atoms with Gasteiger partial charge >= 0.3 is 11.9 Å². The lowest BCUT2D eigenvalue weighted by Gasteiger charge is -2.26. The van der Waals surface area contributed by atoms with Crippen LogP contribution in [0, 0.1) is 0 Å². The number of carbonyl (C=O) groups is 2. The van der Waals surface area contributed by atoms with Gasteiger partial charge in [0, 0.05) is 10.0 Å². The van der Waals surface area contributed by atoms with Gasteiger partial charge in [-0.05, 0) is 68.3 Å². The maximum atomic E-state index is 14.3. The first-order chi connectivity index (χ1) is 23.6. The van der Waals surface area contributed by atoms with Crippen LogP contribution in [-0.2, 0) is 20.9 Å². The number of esters is 2. The van der Waals surface area contributed by atoms with Gasteiger partial charge in [0.05, 0.1) is 62.0 Å². The highest BCUT2D eigenvalue weighted by Crippen LogP contribution is 2.41. The van der Waals surface area contributed by atoms with E-state index in [1.54, 1.807) is 75.4 Å². The van der Waals surface area contributed by atoms with Crippen LogP contribution in [0.5, 0.6) is 23.0 Å². The van der Waals surface area contributed by atoms with E-state index < -0.39 is 18.0 Å². The number of para-hydroxylation sites is 1. The van der Waals surface area contributed by atoms with E-state index in [0.717, 1.165) is 5.56 Å². The molecule has 0 aliphatic carbocycles. The van der Waals surface area contributed by atoms with Crippen molar-refractivity contribution in [3.05, 3.63) is 112 Å². The Morgan fingerprint density at radius 1 is 0.918 bits per heavy atom. The van der Waals surface area contributed by atoms with Crippen molar-refractivity contribution < 1.29 is 38.0 Å². The number of ether oxygens (including phenoxy) is 6. The van der Waals surface area contributed by atoms with E-state index in [4.69, 9.17) is 28.4 Å². The fraction of sp³-hybridized carbons (Fsp3) is 0.278. The molecule has 3 aromatic carbocycles. The molecule has 0 unspecified atom stereocenters. The van der Waals surface area contributed by atoms with Gasteiger partial charge in [-0.2, -0.15) is 0 Å². The molecule has 4 aromatic rings. The molecule has 1 aliphatic rings. The first kappa shape index (κ1) is 35.4. The highest BCUT2D eigenvalue weighted by atomic mass is 79.9. The normalized spacial score (nSPS) is 14.1. The van der Waals surface area contributed by atoms with Gasteiger partial charge in [-0.25, -0.2) is 14.6 Å². The van der Waals surface area contributed by atoms with Crippen LogP contribution < -0.4 is 33.8 Å². The Bertz CT molecular complexity index is 2100. The summed E-state index contributed by atoms with van der Waals surface area (Å²) in [5.74, 6) is 0.821. The average molecular weight is 752 g/mol. The summed E-state index contributed by atoms with van der Waals surface area (Å²) in [6, 6.07) is 14.9. The van der Waals surface area contributed by atoms with Gasteiger partial charge in [-0.3, -0.25) is 9.36 Å². The van der Waals surface area contributed by atoms with Crippen molar-refractivity contribution in [2.24, 2.45) is 4.99 Å². The fourth-order valence-electron chi connectivity index (χ4n) is 5.38. The number of benzene rings is 3. The lowest BCUT2D eigenvalue weighted by molar-refractivity contribution is -0.139. The molecule has 11 nitrogen and oxygen atoms in total. The van der Waals surface area contributed by atoms with Crippen molar-refractivity contribution >= 4 is 45.3 Å². The van der Waals surface area contributed by atoms with Crippen molar-refractivity contribution in [2.45, 2.75) is 33.4 Å². The number of aromatic nitrogens is 1. The molecule has 0 bridgehead atoms. The van der Waals surface area contributed by atoms with Crippen molar-refractivity contribution in [3.63, 3.8) is 0 Å². The SMILES string of the molecule is CCOC(=O)C1=C(C)N=c2s/c(=C\c3cccc(OC)c3OCc3ccc(C(=O)OCC)cc3)c(=O)n2[C@H]1c1cc(OC)c(OC)cc1Br. The molecule has 0 N–H and O–H groups in total. The first-order valence-electron chi connectivity index (χ1n) is 15.3. The number of rotatable bonds is 12. The highest BCUT2D eigenvalue weighted by Gasteiger charge is 2.35. The maximum Gasteiger partial charge on any atom is 0.338 e. The molecule has 2 heterocycles. The van der Waals surface area contributed by atoms with Crippen LogP contribution in [0.1, 0.15) is 53.9 Å². The Hall–Kier alpha value is -4.88. The summed E-state index contributed by atoms with van der Waals surface area (Å²) in [5, 5.41) is 0. The zero-order valence-electron chi connectivity index (χ0n) is 27.8. The van der Waals surface area contributed by atoms with E-state index >= 15 is 0 Å². The van der Waals surface area contributed by atoms with Crippen LogP contribution in [-0.4, -0.2) is 51.0 Å². The van der Waals surface area contributed by atoms with Gasteiger partial charge in [0.25, 0.3) is 5.56 Å². The molecule has 49 heavy (non-hydrogen) atoms. The zero-order chi connectivity index (χ0) is 35.2. The van der Waals surface area contributed by atoms with Gasteiger partial charge in [0.1, 0.15) is 6.61 Å². The minimum atomic E-state index is -0.884. The molecule has 13 heteroatoms. The summed E-state index contributed by atoms with van der Waals surface area (Å²) >= 11 is 4.81. The van der Waals surface area contributed by atoms with Crippen LogP contribution in [0.4, 0.5) is 0 Å². The van der Waals surface area contributed by atoms with E-state index in [2.05, 4.69) is 20.9 Å². The highest BCUT2D eigenvalue weighted by molar-refractivity contribution is 9.10. The summed E-state index contributed by atoms with van der Waals surface area (Å²) in [7, 11) is 4.58. The molecular formula is C36H35BrN2O9S. The Kier molecular flexibility index (Phi) is 11.2. The van der Waals surface area contributed by atoms with E-state index in [0.29, 0.717) is 65.8 Å². The molecule has 0 spiro atoms. The Labute approximate surface area is 295 Å².